The van der Waals surface area contributed by atoms with Gasteiger partial charge in [0.15, 0.2) is 0 Å². The third-order valence-electron chi connectivity index (χ3n) is 4.01. The Bertz CT molecular complexity index is 383. The fourth-order valence-corrected chi connectivity index (χ4v) is 3.30. The van der Waals surface area contributed by atoms with Gasteiger partial charge in [0.05, 0.1) is 0 Å². The molecule has 1 saturated carbocycles. The topological polar surface area (TPSA) is 57.6 Å². The zero-order valence-electron chi connectivity index (χ0n) is 10.3. The van der Waals surface area contributed by atoms with E-state index in [9.17, 15) is 22.8 Å². The number of carbonyl (C=O) groups is 2. The summed E-state index contributed by atoms with van der Waals surface area (Å²) in [7, 11) is 0. The molecule has 7 heteroatoms. The lowest BCUT2D eigenvalue weighted by Crippen LogP contribution is -2.47. The van der Waals surface area contributed by atoms with Crippen LogP contribution in [0.25, 0.3) is 0 Å². The summed E-state index contributed by atoms with van der Waals surface area (Å²) in [4.78, 5) is 23.9. The van der Waals surface area contributed by atoms with Gasteiger partial charge in [-0.1, -0.05) is 12.8 Å². The van der Waals surface area contributed by atoms with E-state index in [2.05, 4.69) is 0 Å². The lowest BCUT2D eigenvalue weighted by Gasteiger charge is -2.33. The van der Waals surface area contributed by atoms with E-state index in [-0.39, 0.29) is 18.4 Å². The highest BCUT2D eigenvalue weighted by Gasteiger charge is 2.49. The molecule has 3 atom stereocenters. The largest absolute Gasteiger partial charge is 0.480 e. The first-order chi connectivity index (χ1) is 8.79. The molecule has 3 unspecified atom stereocenters. The Hall–Kier alpha value is -1.27. The molecule has 1 N–H and O–H groups in total. The molecule has 1 heterocycles. The quantitative estimate of drug-likeness (QED) is 0.843. The third-order valence-corrected chi connectivity index (χ3v) is 4.01. The van der Waals surface area contributed by atoms with E-state index < -0.39 is 30.5 Å². The van der Waals surface area contributed by atoms with E-state index in [1.165, 1.54) is 0 Å². The van der Waals surface area contributed by atoms with Crippen LogP contribution in [0.1, 0.15) is 38.5 Å². The highest BCUT2D eigenvalue weighted by molar-refractivity contribution is 5.85. The number of hydrogen-bond acceptors (Lipinski definition) is 2. The monoisotopic (exact) mass is 279 g/mol. The van der Waals surface area contributed by atoms with Crippen molar-refractivity contribution in [1.29, 1.82) is 0 Å². The van der Waals surface area contributed by atoms with Gasteiger partial charge in [-0.3, -0.25) is 4.79 Å². The number of halogens is 3. The summed E-state index contributed by atoms with van der Waals surface area (Å²) < 4.78 is 37.0. The normalized spacial score (nSPS) is 31.1. The average molecular weight is 279 g/mol. The van der Waals surface area contributed by atoms with Crippen molar-refractivity contribution < 1.29 is 27.9 Å². The molecule has 0 aromatic heterocycles. The maximum atomic E-state index is 12.3. The second kappa shape index (κ2) is 5.02. The number of alkyl halides is 3. The van der Waals surface area contributed by atoms with Gasteiger partial charge in [-0.05, 0) is 25.2 Å². The average Bonchev–Trinajstić information content (AvgIpc) is 2.65. The molecule has 1 aliphatic carbocycles. The highest BCUT2D eigenvalue weighted by atomic mass is 19.4. The van der Waals surface area contributed by atoms with Crippen LogP contribution in [0.5, 0.6) is 0 Å². The van der Waals surface area contributed by atoms with Crippen molar-refractivity contribution in [3.05, 3.63) is 0 Å². The van der Waals surface area contributed by atoms with Gasteiger partial charge in [0, 0.05) is 6.04 Å². The molecule has 0 aromatic rings. The van der Waals surface area contributed by atoms with Gasteiger partial charge in [0.2, 0.25) is 5.91 Å². The summed E-state index contributed by atoms with van der Waals surface area (Å²) in [6, 6.07) is -1.42. The van der Waals surface area contributed by atoms with E-state index in [1.807, 2.05) is 0 Å². The van der Waals surface area contributed by atoms with Crippen molar-refractivity contribution in [3.8, 4) is 0 Å². The van der Waals surface area contributed by atoms with Gasteiger partial charge in [-0.15, -0.1) is 0 Å². The van der Waals surface area contributed by atoms with Crippen molar-refractivity contribution in [3.63, 3.8) is 0 Å². The van der Waals surface area contributed by atoms with Crippen LogP contribution in [0.4, 0.5) is 13.2 Å². The van der Waals surface area contributed by atoms with Crippen LogP contribution in [0.2, 0.25) is 0 Å². The van der Waals surface area contributed by atoms with Crippen molar-refractivity contribution in [1.82, 2.24) is 4.90 Å². The van der Waals surface area contributed by atoms with E-state index in [0.29, 0.717) is 6.42 Å². The summed E-state index contributed by atoms with van der Waals surface area (Å²) in [6.07, 6.45) is -2.68. The first-order valence-corrected chi connectivity index (χ1v) is 6.40. The Morgan fingerprint density at radius 3 is 2.42 bits per heavy atom. The molecular weight excluding hydrogens is 263 g/mol. The Balaban J connectivity index is 2.17. The molecule has 4 nitrogen and oxygen atoms in total. The molecule has 1 amide bonds. The molecule has 1 saturated heterocycles. The van der Waals surface area contributed by atoms with E-state index in [0.717, 1.165) is 24.2 Å². The van der Waals surface area contributed by atoms with Crippen LogP contribution in [-0.2, 0) is 9.59 Å². The Morgan fingerprint density at radius 2 is 1.84 bits per heavy atom. The Labute approximate surface area is 108 Å². The predicted octanol–water partition coefficient (Wildman–Crippen LogP) is 2.18. The fourth-order valence-electron chi connectivity index (χ4n) is 3.30. The van der Waals surface area contributed by atoms with Crippen molar-refractivity contribution in [2.45, 2.75) is 56.8 Å². The second-order valence-electron chi connectivity index (χ2n) is 5.29. The fraction of sp³-hybridized carbons (Fsp3) is 0.833. The first-order valence-electron chi connectivity index (χ1n) is 6.40. The first kappa shape index (κ1) is 14.1. The summed E-state index contributed by atoms with van der Waals surface area (Å²) in [6.45, 7) is 0. The van der Waals surface area contributed by atoms with Crippen LogP contribution in [0, 0.1) is 5.92 Å². The predicted molar refractivity (Wildman–Crippen MR) is 59.3 cm³/mol. The zero-order valence-corrected chi connectivity index (χ0v) is 10.3. The number of likely N-dealkylation sites (tertiary alicyclic amines) is 1. The summed E-state index contributed by atoms with van der Waals surface area (Å²) in [5.41, 5.74) is 0. The molecule has 2 rings (SSSR count). The third kappa shape index (κ3) is 3.01. The smallest absolute Gasteiger partial charge is 0.397 e. The van der Waals surface area contributed by atoms with Gasteiger partial charge in [-0.25, -0.2) is 4.79 Å². The van der Waals surface area contributed by atoms with Gasteiger partial charge >= 0.3 is 12.1 Å². The van der Waals surface area contributed by atoms with E-state index in [1.54, 1.807) is 0 Å². The van der Waals surface area contributed by atoms with Crippen LogP contribution < -0.4 is 0 Å². The van der Waals surface area contributed by atoms with Gasteiger partial charge < -0.3 is 10.0 Å². The van der Waals surface area contributed by atoms with Gasteiger partial charge in [-0.2, -0.15) is 13.2 Å². The molecule has 0 radical (unpaired) electrons. The molecule has 0 aromatic carbocycles. The van der Waals surface area contributed by atoms with Crippen molar-refractivity contribution in [2.75, 3.05) is 0 Å². The number of carboxylic acids is 1. The lowest BCUT2D eigenvalue weighted by molar-refractivity contribution is -0.167. The zero-order chi connectivity index (χ0) is 14.2. The van der Waals surface area contributed by atoms with Crippen LogP contribution >= 0.6 is 0 Å². The summed E-state index contributed by atoms with van der Waals surface area (Å²) in [5, 5.41) is 9.10. The molecular formula is C12H16F3NO3. The van der Waals surface area contributed by atoms with Crippen LogP contribution in [0.15, 0.2) is 0 Å². The molecule has 1 aliphatic heterocycles. The van der Waals surface area contributed by atoms with Gasteiger partial charge in [0.1, 0.15) is 12.5 Å². The molecule has 108 valence electrons. The standard InChI is InChI=1S/C12H16F3NO3/c13-12(14,15)6-10(17)16-8-4-2-1-3-7(8)5-9(16)11(18)19/h7-9H,1-6H2,(H,18,19). The number of rotatable bonds is 2. The number of nitrogens with zero attached hydrogens (tertiary/aromatic N) is 1. The Morgan fingerprint density at radius 1 is 1.21 bits per heavy atom. The van der Waals surface area contributed by atoms with Gasteiger partial charge in [0.25, 0.3) is 0 Å². The summed E-state index contributed by atoms with van der Waals surface area (Å²) >= 11 is 0. The maximum absolute atomic E-state index is 12.3. The molecule has 2 aliphatic rings. The Kier molecular flexibility index (Phi) is 3.73. The minimum Gasteiger partial charge on any atom is -0.480 e. The van der Waals surface area contributed by atoms with Crippen molar-refractivity contribution in [2.24, 2.45) is 5.92 Å². The second-order valence-corrected chi connectivity index (χ2v) is 5.29. The van der Waals surface area contributed by atoms with Crippen molar-refractivity contribution >= 4 is 11.9 Å². The number of carboxylic acid groups (broad SMARTS) is 1. The molecule has 0 spiro atoms. The maximum Gasteiger partial charge on any atom is 0.397 e. The summed E-state index contributed by atoms with van der Waals surface area (Å²) in [5.74, 6) is -2.27. The lowest BCUT2D eigenvalue weighted by atomic mass is 9.84. The van der Waals surface area contributed by atoms with E-state index in [4.69, 9.17) is 5.11 Å². The number of fused-ring (bicyclic) bond motifs is 1. The molecule has 0 bridgehead atoms. The number of amides is 1. The number of aliphatic carboxylic acids is 1. The van der Waals surface area contributed by atoms with E-state index >= 15 is 0 Å². The SMILES string of the molecule is O=C(O)C1CC2CCCCC2N1C(=O)CC(F)(F)F. The molecule has 2 fully saturated rings. The minimum absolute atomic E-state index is 0.0343. The number of hydrogen-bond donors (Lipinski definition) is 1. The van der Waals surface area contributed by atoms with Crippen LogP contribution in [-0.4, -0.2) is 40.1 Å². The highest BCUT2D eigenvalue weighted by Crippen LogP contribution is 2.40. The molecule has 19 heavy (non-hydrogen) atoms. The number of carbonyl (C=O) groups excluding carboxylic acids is 1. The minimum atomic E-state index is -4.59. The van der Waals surface area contributed by atoms with Crippen LogP contribution in [0.3, 0.4) is 0 Å².